The number of carboxylic acids is 1. The van der Waals surface area contributed by atoms with Crippen molar-refractivity contribution in [1.82, 2.24) is 4.90 Å². The molecule has 1 aliphatic carbocycles. The molecule has 0 amide bonds. The molecule has 1 unspecified atom stereocenters. The Bertz CT molecular complexity index is 1190. The molecule has 5 rings (SSSR count). The van der Waals surface area contributed by atoms with Gasteiger partial charge in [0.1, 0.15) is 0 Å². The number of ether oxygens (including phenoxy) is 2. The van der Waals surface area contributed by atoms with Crippen molar-refractivity contribution in [2.24, 2.45) is 11.8 Å². The van der Waals surface area contributed by atoms with Gasteiger partial charge < -0.3 is 14.6 Å². The lowest BCUT2D eigenvalue weighted by atomic mass is 9.85. The number of methoxy groups -OCH3 is 2. The van der Waals surface area contributed by atoms with Gasteiger partial charge in [0.05, 0.1) is 19.8 Å². The predicted octanol–water partition coefficient (Wildman–Crippen LogP) is 5.75. The van der Waals surface area contributed by atoms with Crippen LogP contribution in [0.2, 0.25) is 0 Å². The highest BCUT2D eigenvalue weighted by Crippen LogP contribution is 2.39. The van der Waals surface area contributed by atoms with Gasteiger partial charge in [-0.15, -0.1) is 0 Å². The van der Waals surface area contributed by atoms with Gasteiger partial charge in [0.15, 0.2) is 17.3 Å². The standard InChI is InChI=1S/C24H29NO3.C7H6O2/c1-27-22-14-19-13-20(24(26)21(19)15-23(22)28-2)12-17-8-10-25(11-9-17)16-18-6-4-3-5-7-18;8-7(9)6-4-2-1-3-5-6/h3-7,14-15,17,20H,8-13,16H2,1-2H3;1-5H,(H,8,9). The van der Waals surface area contributed by atoms with Crippen molar-refractivity contribution >= 4 is 11.8 Å². The number of hydrogen-bond donors (Lipinski definition) is 1. The average molecular weight is 502 g/mol. The summed E-state index contributed by atoms with van der Waals surface area (Å²) in [6.45, 7) is 3.27. The number of nitrogens with zero attached hydrogens (tertiary/aromatic N) is 1. The molecule has 6 heteroatoms. The van der Waals surface area contributed by atoms with Gasteiger partial charge in [0.2, 0.25) is 0 Å². The minimum absolute atomic E-state index is 0.109. The summed E-state index contributed by atoms with van der Waals surface area (Å²) in [7, 11) is 3.26. The topological polar surface area (TPSA) is 76.1 Å². The Morgan fingerprint density at radius 2 is 1.51 bits per heavy atom. The molecule has 1 atom stereocenters. The summed E-state index contributed by atoms with van der Waals surface area (Å²) in [5, 5.41) is 8.38. The lowest BCUT2D eigenvalue weighted by molar-refractivity contribution is 0.0696. The van der Waals surface area contributed by atoms with Crippen molar-refractivity contribution in [3.8, 4) is 11.5 Å². The first-order chi connectivity index (χ1) is 18.0. The Labute approximate surface area is 218 Å². The number of Topliss-reactive ketones (excluding diaryl/α,β-unsaturated/α-hetero) is 1. The highest BCUT2D eigenvalue weighted by molar-refractivity contribution is 6.02. The van der Waals surface area contributed by atoms with Gasteiger partial charge in [-0.2, -0.15) is 0 Å². The Morgan fingerprint density at radius 1 is 0.919 bits per heavy atom. The fraction of sp³-hybridized carbons (Fsp3) is 0.355. The van der Waals surface area contributed by atoms with E-state index in [0.29, 0.717) is 23.0 Å². The molecule has 0 bridgehead atoms. The number of ketones is 1. The maximum atomic E-state index is 12.9. The van der Waals surface area contributed by atoms with Crippen LogP contribution in [0.5, 0.6) is 11.5 Å². The number of benzene rings is 3. The number of carbonyl (C=O) groups excluding carboxylic acids is 1. The molecule has 2 aliphatic rings. The first kappa shape index (κ1) is 26.4. The van der Waals surface area contributed by atoms with Crippen LogP contribution < -0.4 is 9.47 Å². The van der Waals surface area contributed by atoms with Crippen LogP contribution in [0.25, 0.3) is 0 Å². The predicted molar refractivity (Wildman–Crippen MR) is 144 cm³/mol. The van der Waals surface area contributed by atoms with Crippen molar-refractivity contribution in [2.75, 3.05) is 27.3 Å². The van der Waals surface area contributed by atoms with E-state index in [1.54, 1.807) is 44.6 Å². The largest absolute Gasteiger partial charge is 0.493 e. The zero-order valence-electron chi connectivity index (χ0n) is 21.6. The Hall–Kier alpha value is -3.64. The van der Waals surface area contributed by atoms with Crippen LogP contribution >= 0.6 is 0 Å². The number of piperidine rings is 1. The fourth-order valence-corrected chi connectivity index (χ4v) is 5.29. The van der Waals surface area contributed by atoms with E-state index >= 15 is 0 Å². The number of aromatic carboxylic acids is 1. The van der Waals surface area contributed by atoms with Crippen molar-refractivity contribution in [1.29, 1.82) is 0 Å². The van der Waals surface area contributed by atoms with E-state index in [0.717, 1.165) is 43.6 Å². The Kier molecular flexibility index (Phi) is 8.96. The third kappa shape index (κ3) is 6.77. The third-order valence-electron chi connectivity index (χ3n) is 7.31. The molecule has 0 saturated carbocycles. The van der Waals surface area contributed by atoms with Gasteiger partial charge in [-0.05, 0) is 80.1 Å². The molecule has 1 N–H and O–H groups in total. The molecule has 1 saturated heterocycles. The molecule has 37 heavy (non-hydrogen) atoms. The van der Waals surface area contributed by atoms with Gasteiger partial charge in [-0.25, -0.2) is 4.79 Å². The van der Waals surface area contributed by atoms with Gasteiger partial charge in [-0.1, -0.05) is 48.5 Å². The van der Waals surface area contributed by atoms with E-state index in [9.17, 15) is 9.59 Å². The number of carboxylic acid groups (broad SMARTS) is 1. The lowest BCUT2D eigenvalue weighted by Crippen LogP contribution is -2.34. The zero-order chi connectivity index (χ0) is 26.2. The Balaban J connectivity index is 0.000000301. The molecule has 1 aliphatic heterocycles. The average Bonchev–Trinajstić information content (AvgIpc) is 3.24. The molecular formula is C31H35NO5. The highest BCUT2D eigenvalue weighted by Gasteiger charge is 2.34. The van der Waals surface area contributed by atoms with E-state index in [1.807, 2.05) is 12.1 Å². The van der Waals surface area contributed by atoms with Crippen LogP contribution in [0.3, 0.4) is 0 Å². The minimum Gasteiger partial charge on any atom is -0.493 e. The summed E-state index contributed by atoms with van der Waals surface area (Å²) in [5.74, 6) is 1.50. The number of carbonyl (C=O) groups is 2. The number of hydrogen-bond acceptors (Lipinski definition) is 5. The zero-order valence-corrected chi connectivity index (χ0v) is 21.6. The highest BCUT2D eigenvalue weighted by atomic mass is 16.5. The quantitative estimate of drug-likeness (QED) is 0.445. The maximum absolute atomic E-state index is 12.9. The van der Waals surface area contributed by atoms with Gasteiger partial charge in [0, 0.05) is 18.0 Å². The molecule has 0 aromatic heterocycles. The molecule has 0 spiro atoms. The minimum atomic E-state index is -0.879. The van der Waals surface area contributed by atoms with Crippen LogP contribution in [0.1, 0.15) is 51.1 Å². The van der Waals surface area contributed by atoms with Crippen LogP contribution in [-0.4, -0.2) is 49.1 Å². The van der Waals surface area contributed by atoms with Gasteiger partial charge in [-0.3, -0.25) is 9.69 Å². The number of rotatable bonds is 7. The SMILES string of the molecule is COc1cc2c(cc1OC)C(=O)C(CC1CCN(Cc3ccccc3)CC1)C2.O=C(O)c1ccccc1. The molecule has 194 valence electrons. The summed E-state index contributed by atoms with van der Waals surface area (Å²) in [5.41, 5.74) is 3.64. The van der Waals surface area contributed by atoms with Gasteiger partial charge >= 0.3 is 5.97 Å². The summed E-state index contributed by atoms with van der Waals surface area (Å²) in [4.78, 5) is 25.7. The van der Waals surface area contributed by atoms with Crippen molar-refractivity contribution in [2.45, 2.75) is 32.2 Å². The van der Waals surface area contributed by atoms with Crippen LogP contribution in [0.4, 0.5) is 0 Å². The molecule has 6 nitrogen and oxygen atoms in total. The molecule has 3 aromatic carbocycles. The molecule has 1 fully saturated rings. The van der Waals surface area contributed by atoms with E-state index < -0.39 is 5.97 Å². The summed E-state index contributed by atoms with van der Waals surface area (Å²) in [6.07, 6.45) is 4.19. The monoisotopic (exact) mass is 501 g/mol. The smallest absolute Gasteiger partial charge is 0.335 e. The first-order valence-electron chi connectivity index (χ1n) is 12.8. The second-order valence-corrected chi connectivity index (χ2v) is 9.74. The van der Waals surface area contributed by atoms with Crippen LogP contribution in [-0.2, 0) is 13.0 Å². The van der Waals surface area contributed by atoms with E-state index in [-0.39, 0.29) is 11.7 Å². The van der Waals surface area contributed by atoms with Crippen molar-refractivity contribution in [3.05, 3.63) is 95.1 Å². The Morgan fingerprint density at radius 3 is 2.08 bits per heavy atom. The summed E-state index contributed by atoms with van der Waals surface area (Å²) >= 11 is 0. The van der Waals surface area contributed by atoms with E-state index in [1.165, 1.54) is 18.4 Å². The number of fused-ring (bicyclic) bond motifs is 1. The second-order valence-electron chi connectivity index (χ2n) is 9.74. The maximum Gasteiger partial charge on any atom is 0.335 e. The normalized spacial score (nSPS) is 17.5. The van der Waals surface area contributed by atoms with Crippen LogP contribution in [0.15, 0.2) is 72.8 Å². The fourth-order valence-electron chi connectivity index (χ4n) is 5.29. The van der Waals surface area contributed by atoms with Crippen molar-refractivity contribution < 1.29 is 24.2 Å². The molecule has 1 heterocycles. The second kappa shape index (κ2) is 12.5. The first-order valence-corrected chi connectivity index (χ1v) is 12.8. The van der Waals surface area contributed by atoms with E-state index in [2.05, 4.69) is 35.2 Å². The lowest BCUT2D eigenvalue weighted by Gasteiger charge is -2.32. The summed E-state index contributed by atoms with van der Waals surface area (Å²) < 4.78 is 10.8. The molecular weight excluding hydrogens is 466 g/mol. The third-order valence-corrected chi connectivity index (χ3v) is 7.31. The number of likely N-dealkylation sites (tertiary alicyclic amines) is 1. The van der Waals surface area contributed by atoms with Crippen molar-refractivity contribution in [3.63, 3.8) is 0 Å². The van der Waals surface area contributed by atoms with Crippen LogP contribution in [0, 0.1) is 11.8 Å². The molecule has 3 aromatic rings. The summed E-state index contributed by atoms with van der Waals surface area (Å²) in [6, 6.07) is 22.8. The van der Waals surface area contributed by atoms with Gasteiger partial charge in [0.25, 0.3) is 0 Å². The van der Waals surface area contributed by atoms with E-state index in [4.69, 9.17) is 14.6 Å². The molecule has 0 radical (unpaired) electrons.